The van der Waals surface area contributed by atoms with Crippen molar-refractivity contribution >= 4 is 0 Å². The van der Waals surface area contributed by atoms with Crippen LogP contribution in [-0.4, -0.2) is 7.11 Å². The molecule has 0 bridgehead atoms. The molecule has 3 heteroatoms. The number of methoxy groups -OCH3 is 1. The summed E-state index contributed by atoms with van der Waals surface area (Å²) in [7, 11) is 1.55. The zero-order chi connectivity index (χ0) is 9.84. The highest BCUT2D eigenvalue weighted by Crippen LogP contribution is 2.25. The summed E-state index contributed by atoms with van der Waals surface area (Å²) in [6.45, 7) is 1.95. The lowest BCUT2D eigenvalue weighted by atomic mass is 10.0. The lowest BCUT2D eigenvalue weighted by Crippen LogP contribution is -2.10. The number of hydrogen-bond donors (Lipinski definition) is 1. The van der Waals surface area contributed by atoms with Gasteiger partial charge >= 0.3 is 0 Å². The molecule has 0 aromatic heterocycles. The lowest BCUT2D eigenvalue weighted by molar-refractivity contribution is 0.403. The Morgan fingerprint density at radius 1 is 1.54 bits per heavy atom. The van der Waals surface area contributed by atoms with Crippen LogP contribution in [0.3, 0.4) is 0 Å². The van der Waals surface area contributed by atoms with Gasteiger partial charge < -0.3 is 10.5 Å². The van der Waals surface area contributed by atoms with Gasteiger partial charge in [0.1, 0.15) is 11.6 Å². The van der Waals surface area contributed by atoms with Crippen LogP contribution in [-0.2, 0) is 0 Å². The molecular formula is C10H14FNO. The Morgan fingerprint density at radius 3 is 2.77 bits per heavy atom. The predicted octanol–water partition coefficient (Wildman–Crippen LogP) is 2.24. The van der Waals surface area contributed by atoms with Gasteiger partial charge in [0.2, 0.25) is 0 Å². The molecule has 1 aromatic carbocycles. The highest BCUT2D eigenvalue weighted by Gasteiger charge is 2.10. The molecule has 2 nitrogen and oxygen atoms in total. The highest BCUT2D eigenvalue weighted by molar-refractivity contribution is 5.36. The van der Waals surface area contributed by atoms with Crippen molar-refractivity contribution < 1.29 is 9.13 Å². The van der Waals surface area contributed by atoms with Gasteiger partial charge in [-0.1, -0.05) is 6.92 Å². The molecule has 0 saturated heterocycles. The first-order chi connectivity index (χ1) is 6.19. The van der Waals surface area contributed by atoms with E-state index in [1.54, 1.807) is 13.2 Å². The Balaban J connectivity index is 3.07. The number of nitrogens with two attached hydrogens (primary N) is 1. The predicted molar refractivity (Wildman–Crippen MR) is 50.2 cm³/mol. The van der Waals surface area contributed by atoms with E-state index in [2.05, 4.69) is 0 Å². The Labute approximate surface area is 77.5 Å². The zero-order valence-electron chi connectivity index (χ0n) is 7.88. The first-order valence-electron chi connectivity index (χ1n) is 4.28. The molecule has 1 rings (SSSR count). The molecule has 72 valence electrons. The summed E-state index contributed by atoms with van der Waals surface area (Å²) < 4.78 is 17.9. The Hall–Kier alpha value is -1.09. The number of hydrogen-bond acceptors (Lipinski definition) is 2. The molecule has 0 saturated carbocycles. The summed E-state index contributed by atoms with van der Waals surface area (Å²) in [6, 6.07) is 4.23. The standard InChI is InChI=1S/C10H14FNO/c1-3-9(12)8-6-7(11)4-5-10(8)13-2/h4-6,9H,3,12H2,1-2H3. The van der Waals surface area contributed by atoms with Crippen molar-refractivity contribution in [2.45, 2.75) is 19.4 Å². The maximum absolute atomic E-state index is 12.9. The van der Waals surface area contributed by atoms with Gasteiger partial charge in [0, 0.05) is 11.6 Å². The normalized spacial score (nSPS) is 12.6. The summed E-state index contributed by atoms with van der Waals surface area (Å²) in [5.41, 5.74) is 6.52. The van der Waals surface area contributed by atoms with E-state index in [0.29, 0.717) is 5.75 Å². The van der Waals surface area contributed by atoms with Gasteiger partial charge in [-0.3, -0.25) is 0 Å². The maximum atomic E-state index is 12.9. The van der Waals surface area contributed by atoms with Gasteiger partial charge in [-0.25, -0.2) is 4.39 Å². The maximum Gasteiger partial charge on any atom is 0.123 e. The van der Waals surface area contributed by atoms with Gasteiger partial charge in [0.15, 0.2) is 0 Å². The Kier molecular flexibility index (Phi) is 3.25. The number of benzene rings is 1. The van der Waals surface area contributed by atoms with E-state index in [1.165, 1.54) is 12.1 Å². The Morgan fingerprint density at radius 2 is 2.23 bits per heavy atom. The second kappa shape index (κ2) is 4.23. The van der Waals surface area contributed by atoms with Crippen molar-refractivity contribution in [2.75, 3.05) is 7.11 Å². The van der Waals surface area contributed by atoms with Crippen LogP contribution >= 0.6 is 0 Å². The molecule has 0 radical (unpaired) electrons. The summed E-state index contributed by atoms with van der Waals surface area (Å²) in [5, 5.41) is 0. The van der Waals surface area contributed by atoms with E-state index in [1.807, 2.05) is 6.92 Å². The molecule has 0 fully saturated rings. The van der Waals surface area contributed by atoms with E-state index in [4.69, 9.17) is 10.5 Å². The van der Waals surface area contributed by atoms with Crippen LogP contribution in [0.5, 0.6) is 5.75 Å². The SMILES string of the molecule is CCC(N)c1cc(F)ccc1OC. The fraction of sp³-hybridized carbons (Fsp3) is 0.400. The summed E-state index contributed by atoms with van der Waals surface area (Å²) >= 11 is 0. The van der Waals surface area contributed by atoms with Crippen LogP contribution in [0.4, 0.5) is 4.39 Å². The van der Waals surface area contributed by atoms with E-state index in [-0.39, 0.29) is 11.9 Å². The number of ether oxygens (including phenoxy) is 1. The van der Waals surface area contributed by atoms with Gasteiger partial charge in [-0.2, -0.15) is 0 Å². The first-order valence-corrected chi connectivity index (χ1v) is 4.28. The van der Waals surface area contributed by atoms with Crippen molar-refractivity contribution in [3.63, 3.8) is 0 Å². The minimum absolute atomic E-state index is 0.161. The quantitative estimate of drug-likeness (QED) is 0.780. The third-order valence-electron chi connectivity index (χ3n) is 2.03. The fourth-order valence-electron chi connectivity index (χ4n) is 1.21. The van der Waals surface area contributed by atoms with E-state index in [9.17, 15) is 4.39 Å². The molecule has 0 aliphatic heterocycles. The van der Waals surface area contributed by atoms with Gasteiger partial charge in [0.05, 0.1) is 7.11 Å². The van der Waals surface area contributed by atoms with Crippen molar-refractivity contribution in [2.24, 2.45) is 5.73 Å². The molecule has 1 atom stereocenters. The Bertz CT molecular complexity index is 288. The van der Waals surface area contributed by atoms with E-state index in [0.717, 1.165) is 12.0 Å². The molecule has 0 heterocycles. The van der Waals surface area contributed by atoms with Crippen LogP contribution in [0.2, 0.25) is 0 Å². The molecule has 0 amide bonds. The van der Waals surface area contributed by atoms with Crippen molar-refractivity contribution in [1.82, 2.24) is 0 Å². The van der Waals surface area contributed by atoms with Gasteiger partial charge in [0.25, 0.3) is 0 Å². The summed E-state index contributed by atoms with van der Waals surface area (Å²) in [6.07, 6.45) is 0.764. The van der Waals surface area contributed by atoms with Crippen LogP contribution in [0, 0.1) is 5.82 Å². The molecule has 1 unspecified atom stereocenters. The second-order valence-corrected chi connectivity index (χ2v) is 2.90. The minimum atomic E-state index is -0.278. The van der Waals surface area contributed by atoms with Crippen LogP contribution in [0.1, 0.15) is 24.9 Å². The third-order valence-corrected chi connectivity index (χ3v) is 2.03. The average molecular weight is 183 g/mol. The molecule has 2 N–H and O–H groups in total. The highest BCUT2D eigenvalue weighted by atomic mass is 19.1. The molecule has 0 aliphatic carbocycles. The van der Waals surface area contributed by atoms with Crippen LogP contribution in [0.25, 0.3) is 0 Å². The largest absolute Gasteiger partial charge is 0.496 e. The molecule has 1 aromatic rings. The van der Waals surface area contributed by atoms with Crippen molar-refractivity contribution in [3.05, 3.63) is 29.6 Å². The van der Waals surface area contributed by atoms with E-state index >= 15 is 0 Å². The lowest BCUT2D eigenvalue weighted by Gasteiger charge is -2.13. The first kappa shape index (κ1) is 9.99. The average Bonchev–Trinajstić information content (AvgIpc) is 2.16. The van der Waals surface area contributed by atoms with E-state index < -0.39 is 0 Å². The minimum Gasteiger partial charge on any atom is -0.496 e. The topological polar surface area (TPSA) is 35.2 Å². The smallest absolute Gasteiger partial charge is 0.123 e. The van der Waals surface area contributed by atoms with Crippen molar-refractivity contribution in [1.29, 1.82) is 0 Å². The monoisotopic (exact) mass is 183 g/mol. The summed E-state index contributed by atoms with van der Waals surface area (Å²) in [5.74, 6) is 0.371. The number of halogens is 1. The molecule has 0 spiro atoms. The zero-order valence-corrected chi connectivity index (χ0v) is 7.88. The van der Waals surface area contributed by atoms with Gasteiger partial charge in [-0.05, 0) is 24.6 Å². The van der Waals surface area contributed by atoms with Crippen LogP contribution < -0.4 is 10.5 Å². The molecule has 13 heavy (non-hydrogen) atoms. The summed E-state index contributed by atoms with van der Waals surface area (Å²) in [4.78, 5) is 0. The third kappa shape index (κ3) is 2.18. The van der Waals surface area contributed by atoms with Crippen molar-refractivity contribution in [3.8, 4) is 5.75 Å². The molecule has 0 aliphatic rings. The number of rotatable bonds is 3. The second-order valence-electron chi connectivity index (χ2n) is 2.90. The molecular weight excluding hydrogens is 169 g/mol. The van der Waals surface area contributed by atoms with Gasteiger partial charge in [-0.15, -0.1) is 0 Å². The van der Waals surface area contributed by atoms with Crippen LogP contribution in [0.15, 0.2) is 18.2 Å². The fourth-order valence-corrected chi connectivity index (χ4v) is 1.21.